The minimum absolute atomic E-state index is 0.497. The molecule has 0 amide bonds. The second-order valence-corrected chi connectivity index (χ2v) is 3.64. The van der Waals surface area contributed by atoms with Crippen LogP contribution >= 0.6 is 0 Å². The van der Waals surface area contributed by atoms with Crippen LogP contribution < -0.4 is 0 Å². The first-order valence-corrected chi connectivity index (χ1v) is 4.88. The fourth-order valence-corrected chi connectivity index (χ4v) is 1.50. The van der Waals surface area contributed by atoms with E-state index in [1.165, 1.54) is 0 Å². The maximum Gasteiger partial charge on any atom is 0.181 e. The Morgan fingerprint density at radius 3 is 2.50 bits per heavy atom. The second-order valence-electron chi connectivity index (χ2n) is 3.64. The molecule has 1 N–H and O–H groups in total. The van der Waals surface area contributed by atoms with Gasteiger partial charge >= 0.3 is 0 Å². The smallest absolute Gasteiger partial charge is 0.181 e. The van der Waals surface area contributed by atoms with Crippen LogP contribution in [0.25, 0.3) is 11.4 Å². The van der Waals surface area contributed by atoms with E-state index in [0.717, 1.165) is 22.0 Å². The van der Waals surface area contributed by atoms with Crippen LogP contribution in [0.4, 0.5) is 0 Å². The van der Waals surface area contributed by atoms with Gasteiger partial charge in [0, 0.05) is 26.2 Å². The fourth-order valence-electron chi connectivity index (χ4n) is 1.50. The summed E-state index contributed by atoms with van der Waals surface area (Å²) >= 11 is 0. The van der Waals surface area contributed by atoms with Crippen molar-refractivity contribution in [2.24, 2.45) is 7.05 Å². The van der Waals surface area contributed by atoms with Gasteiger partial charge in [0.2, 0.25) is 0 Å². The molecule has 1 aromatic heterocycles. The highest BCUT2D eigenvalue weighted by Gasteiger charge is 2.05. The van der Waals surface area contributed by atoms with E-state index < -0.39 is 0 Å². The minimum Gasteiger partial charge on any atom is -0.314 e. The quantitative estimate of drug-likeness (QED) is 0.769. The summed E-state index contributed by atoms with van der Waals surface area (Å²) in [5.41, 5.74) is 1.99. The number of tetrazole rings is 1. The molecule has 0 saturated carbocycles. The number of hydrogen-bond donors (Lipinski definition) is 1. The molecule has 0 atom stereocenters. The molecule has 2 aromatic rings. The first-order chi connectivity index (χ1) is 7.66. The van der Waals surface area contributed by atoms with Gasteiger partial charge in [-0.05, 0) is 16.0 Å². The van der Waals surface area contributed by atoms with Gasteiger partial charge in [0.25, 0.3) is 0 Å². The Morgan fingerprint density at radius 2 is 2.00 bits per heavy atom. The highest BCUT2D eigenvalue weighted by Crippen LogP contribution is 2.15. The predicted molar refractivity (Wildman–Crippen MR) is 57.5 cm³/mol. The summed E-state index contributed by atoms with van der Waals surface area (Å²) in [6.07, 6.45) is 0. The zero-order chi connectivity index (χ0) is 11.5. The van der Waals surface area contributed by atoms with Crippen molar-refractivity contribution in [2.45, 2.75) is 6.54 Å². The van der Waals surface area contributed by atoms with Gasteiger partial charge in [-0.3, -0.25) is 0 Å². The molecule has 16 heavy (non-hydrogen) atoms. The van der Waals surface area contributed by atoms with Gasteiger partial charge < -0.3 is 5.21 Å². The highest BCUT2D eigenvalue weighted by atomic mass is 16.5. The van der Waals surface area contributed by atoms with Crippen molar-refractivity contribution in [3.63, 3.8) is 0 Å². The molecule has 0 radical (unpaired) electrons. The fraction of sp³-hybridized carbons (Fsp3) is 0.300. The van der Waals surface area contributed by atoms with Crippen molar-refractivity contribution >= 4 is 0 Å². The second kappa shape index (κ2) is 4.38. The first kappa shape index (κ1) is 10.7. The van der Waals surface area contributed by atoms with Gasteiger partial charge in [0.1, 0.15) is 0 Å². The summed E-state index contributed by atoms with van der Waals surface area (Å²) in [5, 5.41) is 21.5. The van der Waals surface area contributed by atoms with Gasteiger partial charge in [0.05, 0.1) is 0 Å². The normalized spacial score (nSPS) is 11.0. The van der Waals surface area contributed by atoms with Crippen molar-refractivity contribution in [3.05, 3.63) is 29.8 Å². The largest absolute Gasteiger partial charge is 0.314 e. The average Bonchev–Trinajstić information content (AvgIpc) is 2.65. The molecule has 0 bridgehead atoms. The highest BCUT2D eigenvalue weighted by molar-refractivity contribution is 5.54. The van der Waals surface area contributed by atoms with Gasteiger partial charge in [-0.2, -0.15) is 5.06 Å². The lowest BCUT2D eigenvalue weighted by atomic mass is 10.1. The molecule has 1 aromatic carbocycles. The predicted octanol–water partition coefficient (Wildman–Crippen LogP) is 0.698. The molecular formula is C10H13N5O. The van der Waals surface area contributed by atoms with Crippen LogP contribution in [0.15, 0.2) is 24.3 Å². The van der Waals surface area contributed by atoms with Gasteiger partial charge in [-0.1, -0.05) is 24.3 Å². The Balaban J connectivity index is 2.23. The number of benzene rings is 1. The molecule has 84 valence electrons. The Morgan fingerprint density at radius 1 is 1.31 bits per heavy atom. The molecule has 6 nitrogen and oxygen atoms in total. The standard InChI is InChI=1S/C10H13N5O/c1-14(16)7-8-3-5-9(6-4-8)10-11-12-13-15(10)2/h3-6,16H,7H2,1-2H3. The van der Waals surface area contributed by atoms with Crippen molar-refractivity contribution < 1.29 is 5.21 Å². The van der Waals surface area contributed by atoms with E-state index in [0.29, 0.717) is 6.54 Å². The van der Waals surface area contributed by atoms with Crippen LogP contribution in [0, 0.1) is 0 Å². The van der Waals surface area contributed by atoms with Crippen molar-refractivity contribution in [1.29, 1.82) is 0 Å². The zero-order valence-electron chi connectivity index (χ0n) is 9.20. The van der Waals surface area contributed by atoms with Gasteiger partial charge in [-0.25, -0.2) is 4.68 Å². The third-order valence-corrected chi connectivity index (χ3v) is 2.24. The average molecular weight is 219 g/mol. The van der Waals surface area contributed by atoms with Crippen LogP contribution in [-0.2, 0) is 13.6 Å². The molecule has 0 spiro atoms. The lowest BCUT2D eigenvalue weighted by Crippen LogP contribution is -2.11. The van der Waals surface area contributed by atoms with E-state index in [2.05, 4.69) is 15.5 Å². The molecule has 1 heterocycles. The number of rotatable bonds is 3. The third kappa shape index (κ3) is 2.23. The molecule has 0 saturated heterocycles. The van der Waals surface area contributed by atoms with Crippen molar-refractivity contribution in [1.82, 2.24) is 25.3 Å². The van der Waals surface area contributed by atoms with Crippen molar-refractivity contribution in [2.75, 3.05) is 7.05 Å². The molecule has 2 rings (SSSR count). The zero-order valence-corrected chi connectivity index (χ0v) is 9.20. The van der Waals surface area contributed by atoms with Crippen LogP contribution in [0.1, 0.15) is 5.56 Å². The van der Waals surface area contributed by atoms with E-state index in [9.17, 15) is 0 Å². The summed E-state index contributed by atoms with van der Waals surface area (Å²) in [6.45, 7) is 0.497. The summed E-state index contributed by atoms with van der Waals surface area (Å²) in [5.74, 6) is 0.726. The van der Waals surface area contributed by atoms with Gasteiger partial charge in [-0.15, -0.1) is 5.10 Å². The monoisotopic (exact) mass is 219 g/mol. The van der Waals surface area contributed by atoms with Crippen LogP contribution in [-0.4, -0.2) is 37.5 Å². The topological polar surface area (TPSA) is 67.1 Å². The van der Waals surface area contributed by atoms with Crippen molar-refractivity contribution in [3.8, 4) is 11.4 Å². The molecule has 0 fully saturated rings. The SMILES string of the molecule is CN(O)Cc1ccc(-c2nnnn2C)cc1. The Labute approximate surface area is 93.1 Å². The molecule has 6 heteroatoms. The lowest BCUT2D eigenvalue weighted by molar-refractivity contribution is -0.0731. The first-order valence-electron chi connectivity index (χ1n) is 4.88. The summed E-state index contributed by atoms with van der Waals surface area (Å²) in [7, 11) is 3.41. The van der Waals surface area contributed by atoms with Crippen LogP contribution in [0.2, 0.25) is 0 Å². The molecule has 0 unspecified atom stereocenters. The van der Waals surface area contributed by atoms with E-state index in [1.807, 2.05) is 24.3 Å². The van der Waals surface area contributed by atoms with Crippen LogP contribution in [0.5, 0.6) is 0 Å². The summed E-state index contributed by atoms with van der Waals surface area (Å²) in [6, 6.07) is 7.75. The summed E-state index contributed by atoms with van der Waals surface area (Å²) in [4.78, 5) is 0. The maximum atomic E-state index is 9.10. The molecule has 0 aliphatic rings. The van der Waals surface area contributed by atoms with E-state index in [1.54, 1.807) is 18.8 Å². The van der Waals surface area contributed by atoms with E-state index >= 15 is 0 Å². The maximum absolute atomic E-state index is 9.10. The van der Waals surface area contributed by atoms with E-state index in [4.69, 9.17) is 5.21 Å². The molecule has 0 aliphatic carbocycles. The number of hydroxylamine groups is 2. The number of aryl methyl sites for hydroxylation is 1. The number of nitrogens with zero attached hydrogens (tertiary/aromatic N) is 5. The Kier molecular flexibility index (Phi) is 2.93. The van der Waals surface area contributed by atoms with E-state index in [-0.39, 0.29) is 0 Å². The Bertz CT molecular complexity index is 462. The lowest BCUT2D eigenvalue weighted by Gasteiger charge is -2.08. The number of hydrogen-bond acceptors (Lipinski definition) is 5. The Hall–Kier alpha value is -1.79. The molecule has 0 aliphatic heterocycles. The minimum atomic E-state index is 0.497. The number of aromatic nitrogens is 4. The summed E-state index contributed by atoms with van der Waals surface area (Å²) < 4.78 is 1.62. The van der Waals surface area contributed by atoms with Crippen LogP contribution in [0.3, 0.4) is 0 Å². The van der Waals surface area contributed by atoms with Gasteiger partial charge in [0.15, 0.2) is 5.82 Å². The molecular weight excluding hydrogens is 206 g/mol. The third-order valence-electron chi connectivity index (χ3n) is 2.24.